The number of rotatable bonds is 10. The Balaban J connectivity index is 1.31. The fourth-order valence-corrected chi connectivity index (χ4v) is 6.95. The molecule has 0 spiro atoms. The Kier molecular flexibility index (Phi) is 8.85. The van der Waals surface area contributed by atoms with Crippen LogP contribution in [-0.2, 0) is 6.42 Å². The van der Waals surface area contributed by atoms with Crippen LogP contribution in [0.2, 0.25) is 0 Å². The zero-order valence-electron chi connectivity index (χ0n) is 29.7. The van der Waals surface area contributed by atoms with Gasteiger partial charge in [0.15, 0.2) is 0 Å². The van der Waals surface area contributed by atoms with E-state index in [0.29, 0.717) is 17.8 Å². The molecule has 0 amide bonds. The first-order chi connectivity index (χ1) is 23.7. The molecule has 0 aliphatic rings. The summed E-state index contributed by atoms with van der Waals surface area (Å²) in [5.41, 5.74) is 10.8. The van der Waals surface area contributed by atoms with Gasteiger partial charge in [0.25, 0.3) is 0 Å². The highest BCUT2D eigenvalue weighted by molar-refractivity contribution is 6.09. The SMILES string of the molecule is Cc1ccnc(-n2c3ccccc3c3ccc(Oc4cc(CCC(C)C)cc(-n5cc(-c6c(C(C)C)cccc6C(C)C)cn5)c4)cc32)c1. The lowest BCUT2D eigenvalue weighted by Crippen LogP contribution is -2.00. The molecule has 248 valence electrons. The van der Waals surface area contributed by atoms with Crippen LogP contribution in [0.3, 0.4) is 0 Å². The van der Waals surface area contributed by atoms with Crippen LogP contribution in [0.15, 0.2) is 110 Å². The van der Waals surface area contributed by atoms with Crippen molar-refractivity contribution in [2.75, 3.05) is 0 Å². The van der Waals surface area contributed by atoms with Gasteiger partial charge in [-0.05, 0) is 108 Å². The molecule has 0 bridgehead atoms. The predicted octanol–water partition coefficient (Wildman–Crippen LogP) is 12.0. The highest BCUT2D eigenvalue weighted by atomic mass is 16.5. The number of pyridine rings is 1. The van der Waals surface area contributed by atoms with E-state index in [0.717, 1.165) is 52.4 Å². The summed E-state index contributed by atoms with van der Waals surface area (Å²) in [5, 5.41) is 7.28. The van der Waals surface area contributed by atoms with Crippen molar-refractivity contribution in [3.05, 3.63) is 132 Å². The predicted molar refractivity (Wildman–Crippen MR) is 204 cm³/mol. The molecule has 3 aromatic heterocycles. The summed E-state index contributed by atoms with van der Waals surface area (Å²) in [6.07, 6.45) is 8.14. The van der Waals surface area contributed by atoms with Gasteiger partial charge in [-0.1, -0.05) is 77.9 Å². The Morgan fingerprint density at radius 1 is 0.714 bits per heavy atom. The average Bonchev–Trinajstić information content (AvgIpc) is 3.70. The number of aryl methyl sites for hydroxylation is 2. The van der Waals surface area contributed by atoms with Crippen LogP contribution in [0.4, 0.5) is 0 Å². The Morgan fingerprint density at radius 3 is 2.20 bits per heavy atom. The third-order valence-corrected chi connectivity index (χ3v) is 9.48. The third-order valence-electron chi connectivity index (χ3n) is 9.48. The second-order valence-corrected chi connectivity index (χ2v) is 14.4. The van der Waals surface area contributed by atoms with Crippen molar-refractivity contribution in [2.45, 2.75) is 73.1 Å². The number of para-hydroxylation sites is 1. The highest BCUT2D eigenvalue weighted by Crippen LogP contribution is 2.38. The van der Waals surface area contributed by atoms with Gasteiger partial charge in [0, 0.05) is 40.9 Å². The first-order valence-corrected chi connectivity index (χ1v) is 17.6. The highest BCUT2D eigenvalue weighted by Gasteiger charge is 2.18. The lowest BCUT2D eigenvalue weighted by atomic mass is 9.86. The minimum Gasteiger partial charge on any atom is -0.457 e. The van der Waals surface area contributed by atoms with E-state index >= 15 is 0 Å². The molecule has 0 saturated heterocycles. The summed E-state index contributed by atoms with van der Waals surface area (Å²) in [5.74, 6) is 3.91. The molecule has 4 aromatic carbocycles. The molecule has 0 unspecified atom stereocenters. The molecule has 0 saturated carbocycles. The van der Waals surface area contributed by atoms with Crippen LogP contribution in [0, 0.1) is 12.8 Å². The maximum absolute atomic E-state index is 6.72. The van der Waals surface area contributed by atoms with Gasteiger partial charge in [-0.25, -0.2) is 9.67 Å². The third kappa shape index (κ3) is 6.50. The second-order valence-electron chi connectivity index (χ2n) is 14.4. The molecule has 0 aliphatic heterocycles. The molecule has 0 radical (unpaired) electrons. The maximum atomic E-state index is 6.72. The van der Waals surface area contributed by atoms with Gasteiger partial charge in [0.1, 0.15) is 17.3 Å². The van der Waals surface area contributed by atoms with Crippen molar-refractivity contribution in [2.24, 2.45) is 5.92 Å². The topological polar surface area (TPSA) is 44.9 Å². The number of ether oxygens (including phenoxy) is 1. The fourth-order valence-electron chi connectivity index (χ4n) is 6.95. The largest absolute Gasteiger partial charge is 0.457 e. The van der Waals surface area contributed by atoms with Crippen LogP contribution < -0.4 is 4.74 Å². The second kappa shape index (κ2) is 13.4. The standard InChI is InChI=1S/C44H46N4O/c1-28(2)15-16-32-22-34(47-27-33(26-46-47)44-37(29(3)4)12-10-13-38(44)30(5)6)24-36(23-32)49-35-17-18-40-39-11-8-9-14-41(39)48(42(40)25-35)43-21-31(7)19-20-45-43/h8-14,17-30H,15-16H2,1-7H3. The van der Waals surface area contributed by atoms with Crippen molar-refractivity contribution in [3.63, 3.8) is 0 Å². The van der Waals surface area contributed by atoms with Gasteiger partial charge >= 0.3 is 0 Å². The van der Waals surface area contributed by atoms with Gasteiger partial charge in [0.2, 0.25) is 0 Å². The summed E-state index contributed by atoms with van der Waals surface area (Å²) in [7, 11) is 0. The summed E-state index contributed by atoms with van der Waals surface area (Å²) >= 11 is 0. The Hall–Kier alpha value is -5.16. The maximum Gasteiger partial charge on any atom is 0.137 e. The fraction of sp³-hybridized carbons (Fsp3) is 0.273. The van der Waals surface area contributed by atoms with E-state index in [9.17, 15) is 0 Å². The first kappa shape index (κ1) is 32.4. The van der Waals surface area contributed by atoms with Gasteiger partial charge in [-0.3, -0.25) is 4.57 Å². The van der Waals surface area contributed by atoms with Gasteiger partial charge in [-0.2, -0.15) is 5.10 Å². The Labute approximate surface area is 290 Å². The molecule has 0 fully saturated rings. The number of fused-ring (bicyclic) bond motifs is 3. The molecule has 49 heavy (non-hydrogen) atoms. The van der Waals surface area contributed by atoms with Crippen LogP contribution in [0.25, 0.3) is 44.4 Å². The molecule has 0 N–H and O–H groups in total. The molecule has 0 atom stereocenters. The van der Waals surface area contributed by atoms with Crippen LogP contribution in [0.5, 0.6) is 11.5 Å². The molecule has 7 aromatic rings. The average molecular weight is 647 g/mol. The molecular formula is C44H46N4O. The summed E-state index contributed by atoms with van der Waals surface area (Å²) in [4.78, 5) is 4.75. The van der Waals surface area contributed by atoms with E-state index in [1.165, 1.54) is 38.6 Å². The first-order valence-electron chi connectivity index (χ1n) is 17.6. The van der Waals surface area contributed by atoms with Gasteiger partial charge < -0.3 is 4.74 Å². The Morgan fingerprint density at radius 2 is 1.47 bits per heavy atom. The lowest BCUT2D eigenvalue weighted by Gasteiger charge is -2.18. The smallest absolute Gasteiger partial charge is 0.137 e. The minimum atomic E-state index is 0.411. The van der Waals surface area contributed by atoms with Crippen molar-refractivity contribution in [3.8, 4) is 34.1 Å². The van der Waals surface area contributed by atoms with E-state index in [4.69, 9.17) is 14.8 Å². The molecule has 7 rings (SSSR count). The summed E-state index contributed by atoms with van der Waals surface area (Å²) in [6, 6.07) is 32.3. The van der Waals surface area contributed by atoms with Crippen LogP contribution in [-0.4, -0.2) is 19.3 Å². The molecule has 0 aliphatic carbocycles. The molecule has 5 heteroatoms. The molecular weight excluding hydrogens is 601 g/mol. The number of aromatic nitrogens is 4. The minimum absolute atomic E-state index is 0.411. The van der Waals surface area contributed by atoms with E-state index in [-0.39, 0.29) is 0 Å². The monoisotopic (exact) mass is 646 g/mol. The van der Waals surface area contributed by atoms with Crippen molar-refractivity contribution >= 4 is 21.8 Å². The van der Waals surface area contributed by atoms with E-state index < -0.39 is 0 Å². The van der Waals surface area contributed by atoms with Crippen LogP contribution in [0.1, 0.15) is 82.1 Å². The summed E-state index contributed by atoms with van der Waals surface area (Å²) < 4.78 is 11.0. The van der Waals surface area contributed by atoms with Gasteiger partial charge in [-0.15, -0.1) is 0 Å². The molecule has 5 nitrogen and oxygen atoms in total. The number of benzene rings is 4. The van der Waals surface area contributed by atoms with Crippen molar-refractivity contribution in [1.29, 1.82) is 0 Å². The zero-order valence-corrected chi connectivity index (χ0v) is 29.7. The Bertz CT molecular complexity index is 2240. The number of hydrogen-bond donors (Lipinski definition) is 0. The molecule has 3 heterocycles. The lowest BCUT2D eigenvalue weighted by molar-refractivity contribution is 0.481. The van der Waals surface area contributed by atoms with Gasteiger partial charge in [0.05, 0.1) is 22.9 Å². The van der Waals surface area contributed by atoms with E-state index in [1.54, 1.807) is 0 Å². The van der Waals surface area contributed by atoms with E-state index in [2.05, 4.69) is 144 Å². The van der Waals surface area contributed by atoms with Crippen LogP contribution >= 0.6 is 0 Å². The number of hydrogen-bond acceptors (Lipinski definition) is 3. The van der Waals surface area contributed by atoms with Crippen molar-refractivity contribution < 1.29 is 4.74 Å². The zero-order chi connectivity index (χ0) is 34.2. The summed E-state index contributed by atoms with van der Waals surface area (Å²) in [6.45, 7) is 15.7. The quantitative estimate of drug-likeness (QED) is 0.148. The van der Waals surface area contributed by atoms with Crippen molar-refractivity contribution in [1.82, 2.24) is 19.3 Å². The number of nitrogens with zero attached hydrogens (tertiary/aromatic N) is 4. The van der Waals surface area contributed by atoms with E-state index in [1.807, 2.05) is 23.1 Å². The normalized spacial score (nSPS) is 11.9.